The number of rotatable bonds is 5. The molecule has 1 aromatic heterocycles. The Labute approximate surface area is 111 Å². The van der Waals surface area contributed by atoms with Crippen molar-refractivity contribution in [2.45, 2.75) is 32.7 Å². The summed E-state index contributed by atoms with van der Waals surface area (Å²) in [4.78, 5) is 6.89. The van der Waals surface area contributed by atoms with Gasteiger partial charge in [-0.25, -0.2) is 0 Å². The minimum Gasteiger partial charge on any atom is -0.314 e. The van der Waals surface area contributed by atoms with Crippen LogP contribution in [0.25, 0.3) is 0 Å². The van der Waals surface area contributed by atoms with Crippen molar-refractivity contribution < 1.29 is 0 Å². The van der Waals surface area contributed by atoms with E-state index in [0.717, 1.165) is 32.1 Å². The summed E-state index contributed by atoms with van der Waals surface area (Å²) in [6.45, 7) is 9.13. The monoisotopic (exact) mass is 247 g/mol. The predicted octanol–water partition coefficient (Wildman–Crippen LogP) is 2.46. The van der Waals surface area contributed by atoms with Gasteiger partial charge in [0.05, 0.1) is 0 Å². The highest BCUT2D eigenvalue weighted by atomic mass is 15.2. The average Bonchev–Trinajstić information content (AvgIpc) is 2.41. The van der Waals surface area contributed by atoms with Crippen molar-refractivity contribution >= 4 is 0 Å². The van der Waals surface area contributed by atoms with Crippen molar-refractivity contribution in [2.75, 3.05) is 26.2 Å². The third kappa shape index (κ3) is 3.79. The molecule has 0 spiro atoms. The maximum Gasteiger partial charge on any atom is 0.0364 e. The fraction of sp³-hybridized carbons (Fsp3) is 0.667. The predicted molar refractivity (Wildman–Crippen MR) is 75.5 cm³/mol. The minimum atomic E-state index is 0.545. The van der Waals surface area contributed by atoms with Crippen molar-refractivity contribution in [1.82, 2.24) is 15.2 Å². The van der Waals surface area contributed by atoms with Crippen LogP contribution in [0.2, 0.25) is 0 Å². The largest absolute Gasteiger partial charge is 0.314 e. The fourth-order valence-corrected chi connectivity index (χ4v) is 2.62. The van der Waals surface area contributed by atoms with Crippen LogP contribution in [-0.2, 0) is 0 Å². The number of hydrogen-bond donors (Lipinski definition) is 1. The molecule has 1 N–H and O–H groups in total. The minimum absolute atomic E-state index is 0.545. The highest BCUT2D eigenvalue weighted by Gasteiger charge is 2.22. The van der Waals surface area contributed by atoms with Crippen LogP contribution < -0.4 is 5.32 Å². The van der Waals surface area contributed by atoms with E-state index in [-0.39, 0.29) is 0 Å². The van der Waals surface area contributed by atoms with E-state index in [1.807, 2.05) is 12.4 Å². The molecule has 18 heavy (non-hydrogen) atoms. The smallest absolute Gasteiger partial charge is 0.0364 e. The lowest BCUT2D eigenvalue weighted by Gasteiger charge is -2.35. The van der Waals surface area contributed by atoms with Gasteiger partial charge >= 0.3 is 0 Å². The molecular weight excluding hydrogens is 222 g/mol. The van der Waals surface area contributed by atoms with E-state index in [4.69, 9.17) is 0 Å². The van der Waals surface area contributed by atoms with Crippen molar-refractivity contribution in [3.8, 4) is 0 Å². The molecule has 3 heteroatoms. The lowest BCUT2D eigenvalue weighted by atomic mass is 9.97. The zero-order valence-corrected chi connectivity index (χ0v) is 11.6. The van der Waals surface area contributed by atoms with Crippen LogP contribution in [0.1, 0.15) is 38.3 Å². The van der Waals surface area contributed by atoms with Gasteiger partial charge in [-0.2, -0.15) is 0 Å². The molecule has 0 radical (unpaired) electrons. The SMILES string of the molecule is CC(C)CC[C@H](c1cccnc1)N1CCNCC1. The molecule has 3 nitrogen and oxygen atoms in total. The van der Waals surface area contributed by atoms with E-state index in [1.54, 1.807) is 0 Å². The highest BCUT2D eigenvalue weighted by Crippen LogP contribution is 2.27. The lowest BCUT2D eigenvalue weighted by molar-refractivity contribution is 0.159. The molecule has 1 aliphatic heterocycles. The number of hydrogen-bond acceptors (Lipinski definition) is 3. The maximum absolute atomic E-state index is 4.29. The second-order valence-corrected chi connectivity index (χ2v) is 5.56. The standard InChI is InChI=1S/C15H25N3/c1-13(2)5-6-15(14-4-3-7-17-12-14)18-10-8-16-9-11-18/h3-4,7,12-13,15-16H,5-6,8-11H2,1-2H3/t15-/m1/s1. The summed E-state index contributed by atoms with van der Waals surface area (Å²) < 4.78 is 0. The first kappa shape index (κ1) is 13.5. The van der Waals surface area contributed by atoms with Gasteiger partial charge in [0.1, 0.15) is 0 Å². The Balaban J connectivity index is 2.06. The van der Waals surface area contributed by atoms with E-state index >= 15 is 0 Å². The van der Waals surface area contributed by atoms with E-state index in [0.29, 0.717) is 6.04 Å². The van der Waals surface area contributed by atoms with Crippen LogP contribution in [0.15, 0.2) is 24.5 Å². The molecule has 0 saturated carbocycles. The molecule has 2 rings (SSSR count). The third-order valence-corrected chi connectivity index (χ3v) is 3.68. The van der Waals surface area contributed by atoms with E-state index in [2.05, 4.69) is 41.2 Å². The molecule has 2 heterocycles. The summed E-state index contributed by atoms with van der Waals surface area (Å²) in [5.74, 6) is 0.770. The van der Waals surface area contributed by atoms with Gasteiger partial charge in [0.15, 0.2) is 0 Å². The van der Waals surface area contributed by atoms with E-state index < -0.39 is 0 Å². The fourth-order valence-electron chi connectivity index (χ4n) is 2.62. The molecule has 1 saturated heterocycles. The first-order valence-electron chi connectivity index (χ1n) is 7.12. The van der Waals surface area contributed by atoms with Gasteiger partial charge in [-0.05, 0) is 30.4 Å². The molecule has 0 amide bonds. The summed E-state index contributed by atoms with van der Waals surface area (Å²) in [7, 11) is 0. The van der Waals surface area contributed by atoms with E-state index in [1.165, 1.54) is 18.4 Å². The zero-order valence-electron chi connectivity index (χ0n) is 11.6. The first-order chi connectivity index (χ1) is 8.77. The Kier molecular flexibility index (Phi) is 5.14. The van der Waals surface area contributed by atoms with Gasteiger partial charge in [0.25, 0.3) is 0 Å². The molecule has 1 atom stereocenters. The van der Waals surface area contributed by atoms with Crippen molar-refractivity contribution in [3.05, 3.63) is 30.1 Å². The number of aromatic nitrogens is 1. The number of nitrogens with one attached hydrogen (secondary N) is 1. The Morgan fingerprint density at radius 2 is 2.06 bits per heavy atom. The molecule has 0 aromatic carbocycles. The molecule has 0 bridgehead atoms. The van der Waals surface area contributed by atoms with Gasteiger partial charge < -0.3 is 5.32 Å². The maximum atomic E-state index is 4.29. The van der Waals surface area contributed by atoms with Crippen molar-refractivity contribution in [3.63, 3.8) is 0 Å². The number of pyridine rings is 1. The number of nitrogens with zero attached hydrogens (tertiary/aromatic N) is 2. The van der Waals surface area contributed by atoms with E-state index in [9.17, 15) is 0 Å². The normalized spacial score (nSPS) is 19.1. The second-order valence-electron chi connectivity index (χ2n) is 5.56. The van der Waals surface area contributed by atoms with Crippen LogP contribution in [0, 0.1) is 5.92 Å². The number of piperazine rings is 1. The second kappa shape index (κ2) is 6.86. The molecule has 100 valence electrons. The lowest BCUT2D eigenvalue weighted by Crippen LogP contribution is -2.45. The van der Waals surface area contributed by atoms with Gasteiger partial charge in [-0.3, -0.25) is 9.88 Å². The summed E-state index contributed by atoms with van der Waals surface area (Å²) in [5, 5.41) is 3.43. The highest BCUT2D eigenvalue weighted by molar-refractivity contribution is 5.14. The van der Waals surface area contributed by atoms with Crippen molar-refractivity contribution in [2.24, 2.45) is 5.92 Å². The summed E-state index contributed by atoms with van der Waals surface area (Å²) in [5.41, 5.74) is 1.38. The van der Waals surface area contributed by atoms with Gasteiger partial charge in [-0.15, -0.1) is 0 Å². The molecule has 0 aliphatic carbocycles. The van der Waals surface area contributed by atoms with Crippen LogP contribution in [0.3, 0.4) is 0 Å². The average molecular weight is 247 g/mol. The van der Waals surface area contributed by atoms with Gasteiger partial charge in [0, 0.05) is 44.6 Å². The summed E-state index contributed by atoms with van der Waals surface area (Å²) >= 11 is 0. The Morgan fingerprint density at radius 3 is 2.67 bits per heavy atom. The molecule has 1 aliphatic rings. The van der Waals surface area contributed by atoms with Crippen LogP contribution >= 0.6 is 0 Å². The van der Waals surface area contributed by atoms with Crippen LogP contribution in [-0.4, -0.2) is 36.1 Å². The molecule has 1 aromatic rings. The summed E-state index contributed by atoms with van der Waals surface area (Å²) in [6, 6.07) is 4.82. The Morgan fingerprint density at radius 1 is 1.28 bits per heavy atom. The van der Waals surface area contributed by atoms with Gasteiger partial charge in [-0.1, -0.05) is 19.9 Å². The quantitative estimate of drug-likeness (QED) is 0.866. The molecular formula is C15H25N3. The zero-order chi connectivity index (χ0) is 12.8. The Hall–Kier alpha value is -0.930. The molecule has 0 unspecified atom stereocenters. The van der Waals surface area contributed by atoms with Gasteiger partial charge in [0.2, 0.25) is 0 Å². The Bertz CT molecular complexity index is 331. The van der Waals surface area contributed by atoms with Crippen LogP contribution in [0.4, 0.5) is 0 Å². The topological polar surface area (TPSA) is 28.2 Å². The third-order valence-electron chi connectivity index (χ3n) is 3.68. The van der Waals surface area contributed by atoms with Crippen molar-refractivity contribution in [1.29, 1.82) is 0 Å². The van der Waals surface area contributed by atoms with Crippen LogP contribution in [0.5, 0.6) is 0 Å². The summed E-state index contributed by atoms with van der Waals surface area (Å²) in [6.07, 6.45) is 6.42. The first-order valence-corrected chi connectivity index (χ1v) is 7.12. The molecule has 1 fully saturated rings.